The summed E-state index contributed by atoms with van der Waals surface area (Å²) in [5.41, 5.74) is -4.07. The number of aliphatic hydroxyl groups is 6. The topological polar surface area (TPSA) is 219 Å². The first-order valence-corrected chi connectivity index (χ1v) is 25.3. The van der Waals surface area contributed by atoms with E-state index in [1.54, 1.807) is 13.8 Å². The predicted molar refractivity (Wildman–Crippen MR) is 249 cm³/mol. The molecule has 5 unspecified atom stereocenters. The Balaban J connectivity index is 1.16. The molecule has 6 rings (SSSR count). The van der Waals surface area contributed by atoms with Gasteiger partial charge in [0.1, 0.15) is 29.5 Å². The molecule has 378 valence electrons. The van der Waals surface area contributed by atoms with Crippen molar-refractivity contribution in [1.29, 1.82) is 0 Å². The highest BCUT2D eigenvalue weighted by Gasteiger charge is 2.68. The van der Waals surface area contributed by atoms with Crippen LogP contribution in [-0.4, -0.2) is 164 Å². The van der Waals surface area contributed by atoms with Crippen molar-refractivity contribution in [2.75, 3.05) is 33.7 Å². The average molecular weight is 934 g/mol. The number of likely N-dealkylation sites (N-methyl/N-ethyl adjacent to an activating group) is 1. The number of hydrogen-bond donors (Lipinski definition) is 7. The van der Waals surface area contributed by atoms with Crippen LogP contribution in [0.4, 0.5) is 0 Å². The van der Waals surface area contributed by atoms with E-state index in [4.69, 9.17) is 14.2 Å². The van der Waals surface area contributed by atoms with Crippen molar-refractivity contribution in [2.24, 2.45) is 39.9 Å². The minimum atomic E-state index is -1.86. The number of ether oxygens (including phenoxy) is 3. The van der Waals surface area contributed by atoms with Crippen LogP contribution in [-0.2, 0) is 28.6 Å². The van der Waals surface area contributed by atoms with Gasteiger partial charge < -0.3 is 55.1 Å². The molecule has 0 aromatic rings. The summed E-state index contributed by atoms with van der Waals surface area (Å²) >= 11 is 0. The summed E-state index contributed by atoms with van der Waals surface area (Å²) < 4.78 is 18.7. The Bertz CT molecular complexity index is 1760. The number of allylic oxidation sites excluding steroid dienone is 1. The smallest absolute Gasteiger partial charge is 0.311 e. The maximum absolute atomic E-state index is 14.2. The molecule has 6 aliphatic rings. The Hall–Kier alpha value is -2.05. The molecule has 15 nitrogen and oxygen atoms in total. The number of hydrogen-bond acceptors (Lipinski definition) is 14. The molecule has 0 spiro atoms. The highest BCUT2D eigenvalue weighted by atomic mass is 16.7. The van der Waals surface area contributed by atoms with Crippen molar-refractivity contribution in [2.45, 2.75) is 218 Å². The van der Waals surface area contributed by atoms with Crippen LogP contribution in [0, 0.1) is 39.9 Å². The Morgan fingerprint density at radius 3 is 2.32 bits per heavy atom. The lowest BCUT2D eigenvalue weighted by molar-refractivity contribution is -0.283. The predicted octanol–water partition coefficient (Wildman–Crippen LogP) is 3.87. The molecular weight excluding hydrogens is 847 g/mol. The fourth-order valence-corrected chi connectivity index (χ4v) is 13.8. The summed E-state index contributed by atoms with van der Waals surface area (Å²) in [5.74, 6) is -1.82. The van der Waals surface area contributed by atoms with Crippen molar-refractivity contribution in [1.82, 2.24) is 15.1 Å². The SMILES string of the molecule is CC[C@H]1OC(=O)[C@H](C)[C@@H](O)C[C@@H](O[C@H]2O[C@@H](C)C[C@H](N(C)C)C2O)C(C)(C)CCCN(CCCNC(=O)[C@@]2(O)CCC3C4CCC5=CC(=O)CC[C@]5(C)C4C(O)C[C@@]32C)[C@H](C)[C@H](O)[C@@]1(C)O. The molecule has 0 radical (unpaired) electrons. The maximum atomic E-state index is 14.2. The van der Waals surface area contributed by atoms with E-state index in [2.05, 4.69) is 17.1 Å². The molecule has 18 atom stereocenters. The largest absolute Gasteiger partial charge is 0.459 e. The van der Waals surface area contributed by atoms with Gasteiger partial charge in [-0.3, -0.25) is 19.3 Å². The Kier molecular flexibility index (Phi) is 16.4. The minimum Gasteiger partial charge on any atom is -0.459 e. The van der Waals surface area contributed by atoms with Crippen molar-refractivity contribution in [3.8, 4) is 0 Å². The number of amides is 1. The molecule has 5 fully saturated rings. The zero-order valence-electron chi connectivity index (χ0n) is 42.0. The lowest BCUT2D eigenvalue weighted by atomic mass is 9.45. The van der Waals surface area contributed by atoms with Crippen LogP contribution in [0.3, 0.4) is 0 Å². The first-order valence-electron chi connectivity index (χ1n) is 25.3. The van der Waals surface area contributed by atoms with Gasteiger partial charge in [0.05, 0.1) is 30.3 Å². The number of carbonyl (C=O) groups is 3. The van der Waals surface area contributed by atoms with Crippen LogP contribution in [0.1, 0.15) is 146 Å². The van der Waals surface area contributed by atoms with Crippen molar-refractivity contribution >= 4 is 17.7 Å². The Morgan fingerprint density at radius 2 is 1.65 bits per heavy atom. The second-order valence-electron chi connectivity index (χ2n) is 23.2. The number of nitrogens with one attached hydrogen (secondary N) is 1. The summed E-state index contributed by atoms with van der Waals surface area (Å²) in [6, 6.07) is -0.827. The number of ketones is 1. The lowest BCUT2D eigenvalue weighted by Gasteiger charge is -2.60. The van der Waals surface area contributed by atoms with E-state index in [9.17, 15) is 45.0 Å². The molecule has 0 bridgehead atoms. The normalized spacial score (nSPS) is 46.2. The number of esters is 1. The highest BCUT2D eigenvalue weighted by Crippen LogP contribution is 2.67. The molecule has 2 aliphatic heterocycles. The third-order valence-corrected chi connectivity index (χ3v) is 18.4. The van der Waals surface area contributed by atoms with Gasteiger partial charge in [-0.15, -0.1) is 0 Å². The fourth-order valence-electron chi connectivity index (χ4n) is 13.8. The number of rotatable bonds is 9. The summed E-state index contributed by atoms with van der Waals surface area (Å²) in [7, 11) is 3.81. The number of fused-ring (bicyclic) bond motifs is 5. The fraction of sp³-hybridized carbons (Fsp3) is 0.902. The second kappa shape index (κ2) is 20.4. The number of cyclic esters (lactones) is 1. The van der Waals surface area contributed by atoms with Crippen LogP contribution >= 0.6 is 0 Å². The van der Waals surface area contributed by atoms with E-state index in [0.717, 1.165) is 24.8 Å². The molecule has 66 heavy (non-hydrogen) atoms. The molecule has 0 aromatic carbocycles. The standard InChI is InChI=1S/C51H87N3O12/c1-12-39-50(9,62)43(59)31(4)54(23-13-19-47(5,6)40(27-37(56)30(3)44(60)65-39)66-45-42(58)36(53(10)11)25-29(2)64-45)24-14-22-52-46(61)51(63)21-18-35-34-16-15-32-26-33(55)17-20-48(32,7)41(34)38(57)28-49(35,51)8/h26,29-31,34-43,45,56-59,62-63H,12-25,27-28H2,1-11H3,(H,52,61)/t29-,30+,31+,34?,35?,36-,37-,38?,39+,40+,41?,42?,43-,45+,48-,49-,50-,51-/m0/s1. The zero-order chi connectivity index (χ0) is 48.9. The van der Waals surface area contributed by atoms with E-state index < -0.39 is 88.8 Å². The third-order valence-electron chi connectivity index (χ3n) is 18.4. The molecule has 4 aliphatic carbocycles. The molecule has 7 N–H and O–H groups in total. The van der Waals surface area contributed by atoms with Crippen LogP contribution < -0.4 is 5.32 Å². The Labute approximate surface area is 394 Å². The van der Waals surface area contributed by atoms with E-state index in [0.29, 0.717) is 64.5 Å². The van der Waals surface area contributed by atoms with Gasteiger partial charge in [-0.25, -0.2) is 0 Å². The average Bonchev–Trinajstić information content (AvgIpc) is 3.52. The summed E-state index contributed by atoms with van der Waals surface area (Å²) in [6.07, 6.45) is 1.38. The minimum absolute atomic E-state index is 0.0253. The van der Waals surface area contributed by atoms with Gasteiger partial charge in [0.25, 0.3) is 5.91 Å². The van der Waals surface area contributed by atoms with Gasteiger partial charge in [-0.2, -0.15) is 0 Å². The molecule has 15 heteroatoms. The van der Waals surface area contributed by atoms with Crippen LogP contribution in [0.5, 0.6) is 0 Å². The van der Waals surface area contributed by atoms with Gasteiger partial charge in [0.2, 0.25) is 0 Å². The van der Waals surface area contributed by atoms with Crippen molar-refractivity contribution < 1.29 is 59.2 Å². The number of carbonyl (C=O) groups excluding carboxylic acids is 3. The zero-order valence-corrected chi connectivity index (χ0v) is 42.0. The van der Waals surface area contributed by atoms with Gasteiger partial charge in [0, 0.05) is 43.4 Å². The quantitative estimate of drug-likeness (QED) is 0.129. The molecule has 0 aromatic heterocycles. The Morgan fingerprint density at radius 1 is 0.955 bits per heavy atom. The van der Waals surface area contributed by atoms with Crippen molar-refractivity contribution in [3.05, 3.63) is 11.6 Å². The van der Waals surface area contributed by atoms with E-state index >= 15 is 0 Å². The van der Waals surface area contributed by atoms with E-state index in [1.807, 2.05) is 59.7 Å². The monoisotopic (exact) mass is 934 g/mol. The highest BCUT2D eigenvalue weighted by molar-refractivity contribution is 5.91. The molecule has 1 amide bonds. The molecule has 2 saturated heterocycles. The van der Waals surface area contributed by atoms with Gasteiger partial charge in [-0.1, -0.05) is 40.2 Å². The first kappa shape index (κ1) is 53.3. The second-order valence-corrected chi connectivity index (χ2v) is 23.2. The van der Waals surface area contributed by atoms with Crippen LogP contribution in [0.2, 0.25) is 0 Å². The van der Waals surface area contributed by atoms with Gasteiger partial charge in [0.15, 0.2) is 12.1 Å². The van der Waals surface area contributed by atoms with Crippen LogP contribution in [0.25, 0.3) is 0 Å². The van der Waals surface area contributed by atoms with Crippen LogP contribution in [0.15, 0.2) is 11.6 Å². The summed E-state index contributed by atoms with van der Waals surface area (Å²) in [6.45, 7) is 18.0. The summed E-state index contributed by atoms with van der Waals surface area (Å²) in [5, 5.41) is 74.1. The summed E-state index contributed by atoms with van der Waals surface area (Å²) in [4.78, 5) is 44.3. The molecule has 2 heterocycles. The van der Waals surface area contributed by atoms with Gasteiger partial charge >= 0.3 is 5.97 Å². The maximum Gasteiger partial charge on any atom is 0.311 e. The molecular formula is C51H87N3O12. The van der Waals surface area contributed by atoms with E-state index in [1.165, 1.54) is 6.92 Å². The van der Waals surface area contributed by atoms with E-state index in [-0.39, 0.29) is 60.5 Å². The van der Waals surface area contributed by atoms with Gasteiger partial charge in [-0.05, 0) is 154 Å². The number of nitrogens with zero attached hydrogens (tertiary/aromatic N) is 2. The molecule has 3 saturated carbocycles. The van der Waals surface area contributed by atoms with Crippen molar-refractivity contribution in [3.63, 3.8) is 0 Å². The third kappa shape index (κ3) is 10.1. The number of aliphatic hydroxyl groups excluding tert-OH is 4. The lowest BCUT2D eigenvalue weighted by Crippen LogP contribution is -2.63. The first-order chi connectivity index (χ1) is 30.7.